The molecule has 2 saturated carbocycles. The molecule has 3 atom stereocenters. The average Bonchev–Trinajstić information content (AvgIpc) is 3.02. The standard InChI is InChI=1S/C14H22N2O2/c15-8-12(9-3-1-2-4-9)16-13(17)10-5-6-11(7-10)14(16)18/h9-12H,1-8,15H2. The molecule has 3 unspecified atom stereocenters. The van der Waals surface area contributed by atoms with E-state index in [1.165, 1.54) is 12.8 Å². The Morgan fingerprint density at radius 1 is 1.06 bits per heavy atom. The Kier molecular flexibility index (Phi) is 3.14. The van der Waals surface area contributed by atoms with E-state index in [1.807, 2.05) is 0 Å². The lowest BCUT2D eigenvalue weighted by Crippen LogP contribution is -2.56. The van der Waals surface area contributed by atoms with Gasteiger partial charge >= 0.3 is 0 Å². The van der Waals surface area contributed by atoms with Gasteiger partial charge in [-0.1, -0.05) is 12.8 Å². The number of hydrogen-bond donors (Lipinski definition) is 1. The number of fused-ring (bicyclic) bond motifs is 2. The summed E-state index contributed by atoms with van der Waals surface area (Å²) in [7, 11) is 0. The van der Waals surface area contributed by atoms with Gasteiger partial charge in [0.15, 0.2) is 0 Å². The van der Waals surface area contributed by atoms with Gasteiger partial charge in [-0.15, -0.1) is 0 Å². The zero-order valence-electron chi connectivity index (χ0n) is 10.8. The molecule has 2 amide bonds. The van der Waals surface area contributed by atoms with Crippen LogP contribution in [-0.4, -0.2) is 29.3 Å². The molecule has 1 aliphatic heterocycles. The van der Waals surface area contributed by atoms with Crippen LogP contribution in [0.25, 0.3) is 0 Å². The van der Waals surface area contributed by atoms with Crippen molar-refractivity contribution in [2.75, 3.05) is 6.54 Å². The summed E-state index contributed by atoms with van der Waals surface area (Å²) in [6.45, 7) is 0.432. The lowest BCUT2D eigenvalue weighted by molar-refractivity contribution is -0.157. The summed E-state index contributed by atoms with van der Waals surface area (Å²) in [6, 6.07) is -0.0316. The minimum Gasteiger partial charge on any atom is -0.328 e. The fraction of sp³-hybridized carbons (Fsp3) is 0.857. The summed E-state index contributed by atoms with van der Waals surface area (Å²) >= 11 is 0. The maximum Gasteiger partial charge on any atom is 0.232 e. The quantitative estimate of drug-likeness (QED) is 0.768. The van der Waals surface area contributed by atoms with Gasteiger partial charge in [0.25, 0.3) is 0 Å². The van der Waals surface area contributed by atoms with Crippen LogP contribution in [0.1, 0.15) is 44.9 Å². The van der Waals surface area contributed by atoms with E-state index in [-0.39, 0.29) is 29.7 Å². The largest absolute Gasteiger partial charge is 0.328 e. The van der Waals surface area contributed by atoms with E-state index in [0.717, 1.165) is 32.1 Å². The number of rotatable bonds is 3. The van der Waals surface area contributed by atoms with Gasteiger partial charge in [-0.2, -0.15) is 0 Å². The van der Waals surface area contributed by atoms with E-state index in [4.69, 9.17) is 5.73 Å². The predicted molar refractivity (Wildman–Crippen MR) is 67.5 cm³/mol. The highest BCUT2D eigenvalue weighted by molar-refractivity contribution is 6.01. The first-order chi connectivity index (χ1) is 8.72. The minimum absolute atomic E-state index is 0.0316. The van der Waals surface area contributed by atoms with E-state index in [0.29, 0.717) is 12.5 Å². The van der Waals surface area contributed by atoms with Crippen molar-refractivity contribution in [2.45, 2.75) is 51.0 Å². The molecule has 0 aromatic heterocycles. The zero-order chi connectivity index (χ0) is 12.7. The summed E-state index contributed by atoms with van der Waals surface area (Å²) in [5.74, 6) is 0.777. The average molecular weight is 250 g/mol. The van der Waals surface area contributed by atoms with Gasteiger partial charge in [0, 0.05) is 18.4 Å². The molecule has 0 radical (unpaired) electrons. The second kappa shape index (κ2) is 4.65. The van der Waals surface area contributed by atoms with Crippen LogP contribution in [0.5, 0.6) is 0 Å². The van der Waals surface area contributed by atoms with Crippen molar-refractivity contribution in [3.05, 3.63) is 0 Å². The molecule has 0 spiro atoms. The van der Waals surface area contributed by atoms with E-state index >= 15 is 0 Å². The summed E-state index contributed by atoms with van der Waals surface area (Å²) in [6.07, 6.45) is 7.24. The van der Waals surface area contributed by atoms with Crippen molar-refractivity contribution in [1.82, 2.24) is 4.90 Å². The second-order valence-corrected chi connectivity index (χ2v) is 6.10. The predicted octanol–water partition coefficient (Wildman–Crippen LogP) is 1.29. The van der Waals surface area contributed by atoms with Crippen LogP contribution in [0.15, 0.2) is 0 Å². The Hall–Kier alpha value is -0.900. The number of carbonyl (C=O) groups is 2. The Balaban J connectivity index is 1.84. The third kappa shape index (κ3) is 1.78. The molecule has 18 heavy (non-hydrogen) atoms. The normalized spacial score (nSPS) is 34.4. The summed E-state index contributed by atoms with van der Waals surface area (Å²) < 4.78 is 0. The monoisotopic (exact) mass is 250 g/mol. The van der Waals surface area contributed by atoms with Gasteiger partial charge in [0.05, 0.1) is 6.04 Å². The number of imide groups is 1. The highest BCUT2D eigenvalue weighted by Crippen LogP contribution is 2.41. The first-order valence-electron chi connectivity index (χ1n) is 7.29. The molecule has 100 valence electrons. The molecule has 1 heterocycles. The van der Waals surface area contributed by atoms with Crippen molar-refractivity contribution < 1.29 is 9.59 Å². The maximum absolute atomic E-state index is 12.4. The number of nitrogens with zero attached hydrogens (tertiary/aromatic N) is 1. The number of piperidine rings is 1. The van der Waals surface area contributed by atoms with Gasteiger partial charge in [-0.3, -0.25) is 14.5 Å². The minimum atomic E-state index is -0.0316. The Morgan fingerprint density at radius 3 is 2.11 bits per heavy atom. The Morgan fingerprint density at radius 2 is 1.61 bits per heavy atom. The second-order valence-electron chi connectivity index (χ2n) is 6.10. The fourth-order valence-corrected chi connectivity index (χ4v) is 4.11. The molecule has 4 nitrogen and oxygen atoms in total. The van der Waals surface area contributed by atoms with Crippen molar-refractivity contribution in [2.24, 2.45) is 23.5 Å². The van der Waals surface area contributed by atoms with Gasteiger partial charge in [0.1, 0.15) is 0 Å². The summed E-state index contributed by atoms with van der Waals surface area (Å²) in [4.78, 5) is 26.4. The van der Waals surface area contributed by atoms with E-state index in [2.05, 4.69) is 0 Å². The first-order valence-corrected chi connectivity index (χ1v) is 7.29. The van der Waals surface area contributed by atoms with Gasteiger partial charge in [0.2, 0.25) is 11.8 Å². The van der Waals surface area contributed by atoms with E-state index in [9.17, 15) is 9.59 Å². The molecule has 0 aromatic carbocycles. The van der Waals surface area contributed by atoms with Gasteiger partial charge in [-0.05, 0) is 38.0 Å². The smallest absolute Gasteiger partial charge is 0.232 e. The lowest BCUT2D eigenvalue weighted by Gasteiger charge is -2.38. The van der Waals surface area contributed by atoms with Crippen LogP contribution in [-0.2, 0) is 9.59 Å². The van der Waals surface area contributed by atoms with E-state index in [1.54, 1.807) is 4.90 Å². The maximum atomic E-state index is 12.4. The highest BCUT2D eigenvalue weighted by atomic mass is 16.2. The van der Waals surface area contributed by atoms with Crippen LogP contribution in [0.2, 0.25) is 0 Å². The fourth-order valence-electron chi connectivity index (χ4n) is 4.11. The van der Waals surface area contributed by atoms with E-state index < -0.39 is 0 Å². The van der Waals surface area contributed by atoms with Crippen LogP contribution in [0, 0.1) is 17.8 Å². The number of hydrogen-bond acceptors (Lipinski definition) is 3. The zero-order valence-corrected chi connectivity index (χ0v) is 10.8. The molecule has 1 saturated heterocycles. The van der Waals surface area contributed by atoms with Crippen LogP contribution in [0.3, 0.4) is 0 Å². The van der Waals surface area contributed by atoms with Gasteiger partial charge < -0.3 is 5.73 Å². The topological polar surface area (TPSA) is 63.4 Å². The highest BCUT2D eigenvalue weighted by Gasteiger charge is 2.48. The molecule has 0 aromatic rings. The van der Waals surface area contributed by atoms with Crippen LogP contribution >= 0.6 is 0 Å². The SMILES string of the molecule is NCC(C1CCCC1)N1C(=O)C2CCC(C2)C1=O. The summed E-state index contributed by atoms with van der Waals surface area (Å²) in [5.41, 5.74) is 5.87. The number of nitrogens with two attached hydrogens (primary N) is 1. The molecule has 2 aliphatic carbocycles. The van der Waals surface area contributed by atoms with Gasteiger partial charge in [-0.25, -0.2) is 0 Å². The molecule has 3 rings (SSSR count). The lowest BCUT2D eigenvalue weighted by atomic mass is 9.90. The molecule has 2 N–H and O–H groups in total. The molecule has 3 fully saturated rings. The molecular formula is C14H22N2O2. The molecule has 2 bridgehead atoms. The molecule has 4 heteroatoms. The molecule has 3 aliphatic rings. The third-order valence-electron chi connectivity index (χ3n) is 5.12. The van der Waals surface area contributed by atoms with Crippen LogP contribution < -0.4 is 5.73 Å². The Labute approximate surface area is 108 Å². The molecular weight excluding hydrogens is 228 g/mol. The van der Waals surface area contributed by atoms with Crippen molar-refractivity contribution in [3.63, 3.8) is 0 Å². The Bertz CT molecular complexity index is 341. The first kappa shape index (κ1) is 12.2. The summed E-state index contributed by atoms with van der Waals surface area (Å²) in [5, 5.41) is 0. The van der Waals surface area contributed by atoms with Crippen molar-refractivity contribution in [3.8, 4) is 0 Å². The number of amides is 2. The van der Waals surface area contributed by atoms with Crippen LogP contribution in [0.4, 0.5) is 0 Å². The third-order valence-corrected chi connectivity index (χ3v) is 5.12. The number of carbonyl (C=O) groups excluding carboxylic acids is 2. The van der Waals surface area contributed by atoms with Crippen molar-refractivity contribution in [1.29, 1.82) is 0 Å². The number of likely N-dealkylation sites (tertiary alicyclic amines) is 1. The van der Waals surface area contributed by atoms with Crippen molar-refractivity contribution >= 4 is 11.8 Å².